The van der Waals surface area contributed by atoms with Gasteiger partial charge in [0, 0.05) is 18.3 Å². The smallest absolute Gasteiger partial charge is 0.146 e. The molecule has 2 N–H and O–H groups in total. The molecule has 0 radical (unpaired) electrons. The minimum absolute atomic E-state index is 0.547. The summed E-state index contributed by atoms with van der Waals surface area (Å²) in [4.78, 5) is 8.59. The Labute approximate surface area is 124 Å². The summed E-state index contributed by atoms with van der Waals surface area (Å²) in [6.45, 7) is 5.23. The summed E-state index contributed by atoms with van der Waals surface area (Å²) in [6.07, 6.45) is 5.97. The molecule has 1 aromatic carbocycles. The van der Waals surface area contributed by atoms with Crippen molar-refractivity contribution in [3.63, 3.8) is 0 Å². The lowest BCUT2D eigenvalue weighted by Crippen LogP contribution is -1.98. The van der Waals surface area contributed by atoms with Crippen LogP contribution in [-0.2, 0) is 6.54 Å². The number of nitrogen functional groups attached to an aromatic ring is 1. The van der Waals surface area contributed by atoms with Crippen molar-refractivity contribution in [2.45, 2.75) is 33.2 Å². The molecular formula is C17H20N4. The number of fused-ring (bicyclic) bond motifs is 1. The minimum atomic E-state index is 0.547. The van der Waals surface area contributed by atoms with Crippen LogP contribution in [0.25, 0.3) is 22.2 Å². The molecule has 0 saturated carbocycles. The van der Waals surface area contributed by atoms with Gasteiger partial charge < -0.3 is 10.3 Å². The number of nitrogens with zero attached hydrogens (tertiary/aromatic N) is 3. The van der Waals surface area contributed by atoms with Crippen molar-refractivity contribution >= 4 is 16.9 Å². The van der Waals surface area contributed by atoms with E-state index in [0.29, 0.717) is 5.82 Å². The Bertz CT molecular complexity index is 756. The molecule has 0 saturated heterocycles. The Morgan fingerprint density at radius 3 is 2.62 bits per heavy atom. The molecule has 0 unspecified atom stereocenters. The fraction of sp³-hybridized carbons (Fsp3) is 0.294. The summed E-state index contributed by atoms with van der Waals surface area (Å²) in [5, 5.41) is 0.956. The summed E-state index contributed by atoms with van der Waals surface area (Å²) in [5.41, 5.74) is 10.5. The third-order valence-electron chi connectivity index (χ3n) is 3.80. The number of unbranched alkanes of at least 4 members (excludes halogenated alkanes) is 1. The highest BCUT2D eigenvalue weighted by Crippen LogP contribution is 2.32. The minimum Gasteiger partial charge on any atom is -0.383 e. The average molecular weight is 280 g/mol. The van der Waals surface area contributed by atoms with E-state index in [1.54, 1.807) is 6.33 Å². The van der Waals surface area contributed by atoms with Gasteiger partial charge in [-0.15, -0.1) is 0 Å². The highest BCUT2D eigenvalue weighted by molar-refractivity contribution is 6.00. The first kappa shape index (κ1) is 13.6. The highest BCUT2D eigenvalue weighted by Gasteiger charge is 2.14. The quantitative estimate of drug-likeness (QED) is 0.791. The summed E-state index contributed by atoms with van der Waals surface area (Å²) in [6, 6.07) is 8.48. The van der Waals surface area contributed by atoms with Crippen LogP contribution in [0.4, 0.5) is 5.82 Å². The molecule has 3 aromatic rings. The Morgan fingerprint density at radius 1 is 1.14 bits per heavy atom. The van der Waals surface area contributed by atoms with Crippen molar-refractivity contribution in [3.8, 4) is 11.1 Å². The van der Waals surface area contributed by atoms with Crippen molar-refractivity contribution in [2.75, 3.05) is 5.73 Å². The van der Waals surface area contributed by atoms with Gasteiger partial charge in [0.05, 0.1) is 5.39 Å². The predicted octanol–water partition coefficient (Wildman–Crippen LogP) is 3.79. The van der Waals surface area contributed by atoms with Gasteiger partial charge in [0.15, 0.2) is 0 Å². The second kappa shape index (κ2) is 5.56. The van der Waals surface area contributed by atoms with Crippen LogP contribution in [0.3, 0.4) is 0 Å². The maximum absolute atomic E-state index is 6.10. The highest BCUT2D eigenvalue weighted by atomic mass is 15.1. The van der Waals surface area contributed by atoms with E-state index in [4.69, 9.17) is 5.73 Å². The van der Waals surface area contributed by atoms with Crippen LogP contribution in [0, 0.1) is 6.92 Å². The number of anilines is 1. The molecule has 3 rings (SSSR count). The Kier molecular flexibility index (Phi) is 3.60. The van der Waals surface area contributed by atoms with Crippen LogP contribution >= 0.6 is 0 Å². The molecular weight excluding hydrogens is 260 g/mol. The molecule has 0 aliphatic rings. The lowest BCUT2D eigenvalue weighted by molar-refractivity contribution is 0.646. The lowest BCUT2D eigenvalue weighted by Gasteiger charge is -2.02. The molecule has 0 fully saturated rings. The normalized spacial score (nSPS) is 11.1. The van der Waals surface area contributed by atoms with Crippen molar-refractivity contribution in [1.82, 2.24) is 14.5 Å². The largest absolute Gasteiger partial charge is 0.383 e. The van der Waals surface area contributed by atoms with Crippen molar-refractivity contribution in [3.05, 3.63) is 42.4 Å². The van der Waals surface area contributed by atoms with Gasteiger partial charge in [-0.25, -0.2) is 9.97 Å². The van der Waals surface area contributed by atoms with Gasteiger partial charge in [0.1, 0.15) is 17.8 Å². The van der Waals surface area contributed by atoms with E-state index in [-0.39, 0.29) is 0 Å². The van der Waals surface area contributed by atoms with E-state index in [2.05, 4.69) is 58.8 Å². The van der Waals surface area contributed by atoms with Gasteiger partial charge in [0.2, 0.25) is 0 Å². The first-order valence-electron chi connectivity index (χ1n) is 7.37. The third kappa shape index (κ3) is 2.49. The summed E-state index contributed by atoms with van der Waals surface area (Å²) < 4.78 is 2.19. The van der Waals surface area contributed by atoms with E-state index in [9.17, 15) is 0 Å². The van der Waals surface area contributed by atoms with Crippen molar-refractivity contribution < 1.29 is 0 Å². The van der Waals surface area contributed by atoms with Gasteiger partial charge in [-0.05, 0) is 18.9 Å². The fourth-order valence-corrected chi connectivity index (χ4v) is 2.60. The van der Waals surface area contributed by atoms with Gasteiger partial charge >= 0.3 is 0 Å². The molecule has 2 heterocycles. The SMILES string of the molecule is CCCCn1cc(-c2ccc(C)cc2)c2c(N)ncnc21. The van der Waals surface area contributed by atoms with Crippen LogP contribution in [0.1, 0.15) is 25.3 Å². The van der Waals surface area contributed by atoms with E-state index >= 15 is 0 Å². The van der Waals surface area contributed by atoms with Crippen LogP contribution in [-0.4, -0.2) is 14.5 Å². The predicted molar refractivity (Wildman–Crippen MR) is 87.0 cm³/mol. The molecule has 108 valence electrons. The van der Waals surface area contributed by atoms with Crippen LogP contribution in [0.5, 0.6) is 0 Å². The topological polar surface area (TPSA) is 56.7 Å². The van der Waals surface area contributed by atoms with Gasteiger partial charge in [-0.2, -0.15) is 0 Å². The molecule has 0 amide bonds. The number of aromatic nitrogens is 3. The number of hydrogen-bond acceptors (Lipinski definition) is 3. The van der Waals surface area contributed by atoms with Crippen molar-refractivity contribution in [1.29, 1.82) is 0 Å². The summed E-state index contributed by atoms with van der Waals surface area (Å²) >= 11 is 0. The van der Waals surface area contributed by atoms with E-state index in [1.165, 1.54) is 5.56 Å². The van der Waals surface area contributed by atoms with Gasteiger partial charge in [-0.3, -0.25) is 0 Å². The molecule has 2 aromatic heterocycles. The molecule has 4 nitrogen and oxygen atoms in total. The number of hydrogen-bond donors (Lipinski definition) is 1. The maximum Gasteiger partial charge on any atom is 0.146 e. The zero-order valence-electron chi connectivity index (χ0n) is 12.5. The fourth-order valence-electron chi connectivity index (χ4n) is 2.60. The van der Waals surface area contributed by atoms with E-state index in [0.717, 1.165) is 41.5 Å². The van der Waals surface area contributed by atoms with Gasteiger partial charge in [-0.1, -0.05) is 43.2 Å². The number of nitrogens with two attached hydrogens (primary N) is 1. The lowest BCUT2D eigenvalue weighted by atomic mass is 10.0. The van der Waals surface area contributed by atoms with Gasteiger partial charge in [0.25, 0.3) is 0 Å². The van der Waals surface area contributed by atoms with Crippen LogP contribution in [0.2, 0.25) is 0 Å². The number of rotatable bonds is 4. The van der Waals surface area contributed by atoms with Crippen molar-refractivity contribution in [2.24, 2.45) is 0 Å². The molecule has 0 atom stereocenters. The average Bonchev–Trinajstić information content (AvgIpc) is 2.86. The van der Waals surface area contributed by atoms with Crippen LogP contribution < -0.4 is 5.73 Å². The molecule has 4 heteroatoms. The Hall–Kier alpha value is -2.36. The maximum atomic E-state index is 6.10. The monoisotopic (exact) mass is 280 g/mol. The molecule has 0 spiro atoms. The third-order valence-corrected chi connectivity index (χ3v) is 3.80. The molecule has 0 bridgehead atoms. The molecule has 0 aliphatic heterocycles. The van der Waals surface area contributed by atoms with Crippen LogP contribution in [0.15, 0.2) is 36.8 Å². The standard InChI is InChI=1S/C17H20N4/c1-3-4-9-21-10-14(13-7-5-12(2)6-8-13)15-16(18)19-11-20-17(15)21/h5-8,10-11H,3-4,9H2,1-2H3,(H2,18,19,20). The summed E-state index contributed by atoms with van der Waals surface area (Å²) in [7, 11) is 0. The van der Waals surface area contributed by atoms with E-state index < -0.39 is 0 Å². The second-order valence-corrected chi connectivity index (χ2v) is 5.41. The first-order chi connectivity index (χ1) is 10.2. The Balaban J connectivity index is 2.19. The molecule has 0 aliphatic carbocycles. The Morgan fingerprint density at radius 2 is 1.90 bits per heavy atom. The number of benzene rings is 1. The zero-order chi connectivity index (χ0) is 14.8. The number of aryl methyl sites for hydroxylation is 2. The summed E-state index contributed by atoms with van der Waals surface area (Å²) in [5.74, 6) is 0.547. The zero-order valence-corrected chi connectivity index (χ0v) is 12.5. The molecule has 21 heavy (non-hydrogen) atoms. The van der Waals surface area contributed by atoms with E-state index in [1.807, 2.05) is 0 Å². The first-order valence-corrected chi connectivity index (χ1v) is 7.37. The second-order valence-electron chi connectivity index (χ2n) is 5.41.